The summed E-state index contributed by atoms with van der Waals surface area (Å²) in [7, 11) is 4.08. The Hall–Kier alpha value is -2.77. The van der Waals surface area contributed by atoms with Crippen LogP contribution in [0.1, 0.15) is 64.1 Å². The van der Waals surface area contributed by atoms with Crippen molar-refractivity contribution in [1.29, 1.82) is 0 Å². The van der Waals surface area contributed by atoms with Crippen LogP contribution in [0.2, 0.25) is 0 Å². The average Bonchev–Trinajstić information content (AvgIpc) is 3.25. The number of cyclic esters (lactones) is 2. The lowest BCUT2D eigenvalue weighted by molar-refractivity contribution is -0.148. The number of aromatic nitrogens is 1. The van der Waals surface area contributed by atoms with Crippen molar-refractivity contribution in [3.8, 4) is 0 Å². The number of allylic oxidation sites excluding steroid dienone is 6. The Bertz CT molecular complexity index is 1050. The topological polar surface area (TPSA) is 68.7 Å². The monoisotopic (exact) mass is 526 g/mol. The molecular weight excluding hydrogens is 484 g/mol. The molecule has 0 radical (unpaired) electrons. The molecule has 0 spiro atoms. The molecule has 2 bridgehead atoms. The minimum atomic E-state index is -0.426. The maximum atomic E-state index is 12.6. The van der Waals surface area contributed by atoms with Crippen LogP contribution in [0.25, 0.3) is 0 Å². The first kappa shape index (κ1) is 30.5. The second-order valence-electron chi connectivity index (χ2n) is 9.95. The van der Waals surface area contributed by atoms with Gasteiger partial charge in [0.15, 0.2) is 0 Å². The van der Waals surface area contributed by atoms with Crippen LogP contribution in [-0.2, 0) is 31.9 Å². The number of nitrogens with zero attached hydrogens (tertiary/aromatic N) is 2. The van der Waals surface area contributed by atoms with Crippen LogP contribution in [0.3, 0.4) is 0 Å². The van der Waals surface area contributed by atoms with E-state index in [2.05, 4.69) is 29.4 Å². The van der Waals surface area contributed by atoms with Gasteiger partial charge in [-0.3, -0.25) is 4.79 Å². The molecule has 0 N–H and O–H groups in total. The lowest BCUT2D eigenvalue weighted by Gasteiger charge is -2.13. The zero-order chi connectivity index (χ0) is 27.2. The standard InChI is InChI=1S/C30H42N2O4S/c1-22(16-17-32(5)6)14-15-24(3)19-27-20-28-31-26(21-37-28)11-7-8-12-29(33)35-25(4)18-23(2)10-9-13-30(34)36-27/h9-10,13-16,19,21,25,27H,7-8,11-12,17-18,20H2,1-6H3/b13-9-,15-14+,22-16+,23-10?,24-19+/t25-,27+/m0/s1. The molecule has 37 heavy (non-hydrogen) atoms. The number of aryl methyl sites for hydroxylation is 1. The van der Waals surface area contributed by atoms with Gasteiger partial charge >= 0.3 is 11.9 Å². The van der Waals surface area contributed by atoms with Crippen molar-refractivity contribution in [3.05, 3.63) is 75.3 Å². The first-order chi connectivity index (χ1) is 17.6. The van der Waals surface area contributed by atoms with E-state index >= 15 is 0 Å². The molecule has 0 aliphatic carbocycles. The van der Waals surface area contributed by atoms with Crippen LogP contribution in [0.5, 0.6) is 0 Å². The summed E-state index contributed by atoms with van der Waals surface area (Å²) in [5, 5.41) is 2.98. The highest BCUT2D eigenvalue weighted by Gasteiger charge is 2.15. The number of carbonyl (C=O) groups is 2. The predicted octanol–water partition coefficient (Wildman–Crippen LogP) is 6.16. The van der Waals surface area contributed by atoms with Crippen LogP contribution >= 0.6 is 11.3 Å². The van der Waals surface area contributed by atoms with E-state index in [1.54, 1.807) is 17.4 Å². The predicted molar refractivity (Wildman–Crippen MR) is 152 cm³/mol. The molecule has 1 aromatic heterocycles. The van der Waals surface area contributed by atoms with Crippen molar-refractivity contribution in [3.63, 3.8) is 0 Å². The fourth-order valence-corrected chi connectivity index (χ4v) is 4.64. The summed E-state index contributed by atoms with van der Waals surface area (Å²) in [5.74, 6) is -0.572. The van der Waals surface area contributed by atoms with Crippen molar-refractivity contribution in [2.75, 3.05) is 20.6 Å². The van der Waals surface area contributed by atoms with Gasteiger partial charge in [-0.1, -0.05) is 47.1 Å². The summed E-state index contributed by atoms with van der Waals surface area (Å²) >= 11 is 1.58. The molecular formula is C30H42N2O4S. The molecule has 2 atom stereocenters. The number of hydrogen-bond donors (Lipinski definition) is 0. The van der Waals surface area contributed by atoms with E-state index in [-0.39, 0.29) is 12.1 Å². The van der Waals surface area contributed by atoms with E-state index < -0.39 is 12.1 Å². The maximum Gasteiger partial charge on any atom is 0.331 e. The summed E-state index contributed by atoms with van der Waals surface area (Å²) in [6, 6.07) is 0. The fourth-order valence-electron chi connectivity index (χ4n) is 3.77. The molecule has 1 aliphatic heterocycles. The Kier molecular flexibility index (Phi) is 13.3. The lowest BCUT2D eigenvalue weighted by atomic mass is 10.1. The highest BCUT2D eigenvalue weighted by Crippen LogP contribution is 2.18. The summed E-state index contributed by atoms with van der Waals surface area (Å²) in [5.41, 5.74) is 4.22. The zero-order valence-corrected chi connectivity index (χ0v) is 24.0. The first-order valence-electron chi connectivity index (χ1n) is 13.0. The fraction of sp³-hybridized carbons (Fsp3) is 0.500. The molecule has 0 fully saturated rings. The Balaban J connectivity index is 2.21. The van der Waals surface area contributed by atoms with Gasteiger partial charge < -0.3 is 14.4 Å². The number of esters is 2. The van der Waals surface area contributed by atoms with Crippen LogP contribution in [-0.4, -0.2) is 54.7 Å². The zero-order valence-electron chi connectivity index (χ0n) is 23.2. The van der Waals surface area contributed by atoms with Gasteiger partial charge in [0.25, 0.3) is 0 Å². The largest absolute Gasteiger partial charge is 0.462 e. The molecule has 0 amide bonds. The number of hydrogen-bond acceptors (Lipinski definition) is 7. The molecule has 0 aromatic carbocycles. The van der Waals surface area contributed by atoms with Gasteiger partial charge in [0.05, 0.1) is 10.7 Å². The van der Waals surface area contributed by atoms with E-state index in [1.807, 2.05) is 53.1 Å². The Morgan fingerprint density at radius 3 is 2.59 bits per heavy atom. The Morgan fingerprint density at radius 2 is 1.84 bits per heavy atom. The number of ether oxygens (including phenoxy) is 2. The van der Waals surface area contributed by atoms with E-state index in [4.69, 9.17) is 14.5 Å². The van der Waals surface area contributed by atoms with Gasteiger partial charge in [-0.25, -0.2) is 9.78 Å². The van der Waals surface area contributed by atoms with Gasteiger partial charge in [-0.05, 0) is 67.1 Å². The summed E-state index contributed by atoms with van der Waals surface area (Å²) < 4.78 is 11.3. The molecule has 0 saturated carbocycles. The molecule has 202 valence electrons. The molecule has 0 saturated heterocycles. The number of likely N-dealkylation sites (N-methyl/N-ethyl adjacent to an activating group) is 1. The Morgan fingerprint density at radius 1 is 1.11 bits per heavy atom. The third kappa shape index (κ3) is 13.4. The number of rotatable bonds is 5. The number of carbonyl (C=O) groups excluding carboxylic acids is 2. The summed E-state index contributed by atoms with van der Waals surface area (Å²) in [4.78, 5) is 31.6. The maximum absolute atomic E-state index is 12.6. The minimum Gasteiger partial charge on any atom is -0.462 e. The van der Waals surface area contributed by atoms with Crippen LogP contribution < -0.4 is 0 Å². The van der Waals surface area contributed by atoms with E-state index in [0.29, 0.717) is 19.3 Å². The molecule has 1 aliphatic rings. The average molecular weight is 527 g/mol. The normalized spacial score (nSPS) is 22.6. The van der Waals surface area contributed by atoms with E-state index in [1.165, 1.54) is 11.6 Å². The molecule has 0 unspecified atom stereocenters. The van der Waals surface area contributed by atoms with E-state index in [0.717, 1.165) is 47.7 Å². The third-order valence-electron chi connectivity index (χ3n) is 5.70. The van der Waals surface area contributed by atoms with Crippen LogP contribution in [0.15, 0.2) is 64.6 Å². The SMILES string of the molecule is CC1=C/C=C\C(=O)O[C@H](/C=C(C)/C=C/C(C)=C/CN(C)C)Cc2nc(cs2)CCCCC(=O)O[C@@H](C)C1. The van der Waals surface area contributed by atoms with Crippen LogP contribution in [0, 0.1) is 0 Å². The second kappa shape index (κ2) is 16.2. The van der Waals surface area contributed by atoms with E-state index in [9.17, 15) is 9.59 Å². The molecule has 6 nitrogen and oxygen atoms in total. The molecule has 2 rings (SSSR count). The van der Waals surface area contributed by atoms with Crippen molar-refractivity contribution < 1.29 is 19.1 Å². The smallest absolute Gasteiger partial charge is 0.331 e. The van der Waals surface area contributed by atoms with Gasteiger partial charge in [0, 0.05) is 37.3 Å². The third-order valence-corrected chi connectivity index (χ3v) is 6.62. The van der Waals surface area contributed by atoms with Crippen LogP contribution in [0.4, 0.5) is 0 Å². The second-order valence-corrected chi connectivity index (χ2v) is 10.9. The van der Waals surface area contributed by atoms with Gasteiger partial charge in [0.2, 0.25) is 0 Å². The molecule has 2 heterocycles. The quantitative estimate of drug-likeness (QED) is 0.338. The van der Waals surface area contributed by atoms with Gasteiger partial charge in [0.1, 0.15) is 12.2 Å². The van der Waals surface area contributed by atoms with Crippen molar-refractivity contribution in [2.24, 2.45) is 0 Å². The van der Waals surface area contributed by atoms with Crippen molar-refractivity contribution in [2.45, 2.75) is 78.4 Å². The van der Waals surface area contributed by atoms with Gasteiger partial charge in [-0.2, -0.15) is 0 Å². The summed E-state index contributed by atoms with van der Waals surface area (Å²) in [6.07, 6.45) is 16.6. The minimum absolute atomic E-state index is 0.168. The molecule has 1 aromatic rings. The number of thiazole rings is 1. The first-order valence-corrected chi connectivity index (χ1v) is 13.8. The molecule has 7 heteroatoms. The highest BCUT2D eigenvalue weighted by atomic mass is 32.1. The van der Waals surface area contributed by atoms with Crippen molar-refractivity contribution >= 4 is 23.3 Å². The highest BCUT2D eigenvalue weighted by molar-refractivity contribution is 7.09. The van der Waals surface area contributed by atoms with Gasteiger partial charge in [-0.15, -0.1) is 11.3 Å². The van der Waals surface area contributed by atoms with Crippen molar-refractivity contribution in [1.82, 2.24) is 9.88 Å². The lowest BCUT2D eigenvalue weighted by Crippen LogP contribution is -2.17. The summed E-state index contributed by atoms with van der Waals surface area (Å²) in [6.45, 7) is 8.82. The number of fused-ring (bicyclic) bond motifs is 2. The Labute approximate surface area is 226 Å².